The minimum absolute atomic E-state index is 0.188. The molecule has 0 amide bonds. The van der Waals surface area contributed by atoms with E-state index in [1.54, 1.807) is 12.1 Å². The van der Waals surface area contributed by atoms with Gasteiger partial charge < -0.3 is 0 Å². The maximum Gasteiger partial charge on any atom is 0.154 e. The van der Waals surface area contributed by atoms with Crippen LogP contribution in [0.25, 0.3) is 0 Å². The van der Waals surface area contributed by atoms with Gasteiger partial charge in [0.1, 0.15) is 5.82 Å². The zero-order chi connectivity index (χ0) is 11.8. The number of hydrogen-bond donors (Lipinski definition) is 0. The Kier molecular flexibility index (Phi) is 3.35. The smallest absolute Gasteiger partial charge is 0.154 e. The molecule has 1 aromatic carbocycles. The van der Waals surface area contributed by atoms with Crippen LogP contribution in [-0.4, -0.2) is 14.2 Å². The highest BCUT2D eigenvalue weighted by Crippen LogP contribution is 2.32. The monoisotopic (exact) mass is 306 g/mol. The van der Waals surface area contributed by atoms with Gasteiger partial charge in [0.2, 0.25) is 0 Å². The van der Waals surface area contributed by atoms with Crippen molar-refractivity contribution >= 4 is 25.8 Å². The van der Waals surface area contributed by atoms with Crippen molar-refractivity contribution in [3.63, 3.8) is 0 Å². The molecule has 0 bridgehead atoms. The van der Waals surface area contributed by atoms with Crippen LogP contribution in [0.4, 0.5) is 4.39 Å². The Morgan fingerprint density at radius 3 is 2.62 bits per heavy atom. The third-order valence-electron chi connectivity index (χ3n) is 2.61. The van der Waals surface area contributed by atoms with E-state index in [0.29, 0.717) is 10.4 Å². The Morgan fingerprint density at radius 2 is 2.06 bits per heavy atom. The van der Waals surface area contributed by atoms with Gasteiger partial charge in [0.25, 0.3) is 0 Å². The molecule has 2 rings (SSSR count). The molecule has 0 spiro atoms. The molecular formula is C11H12BrFO2S. The van der Waals surface area contributed by atoms with E-state index in [4.69, 9.17) is 0 Å². The summed E-state index contributed by atoms with van der Waals surface area (Å²) in [7, 11) is -3.19. The van der Waals surface area contributed by atoms with Gasteiger partial charge in [-0.05, 0) is 30.9 Å². The van der Waals surface area contributed by atoms with E-state index in [1.807, 2.05) is 0 Å². The fourth-order valence-electron chi connectivity index (χ4n) is 1.59. The van der Waals surface area contributed by atoms with Crippen LogP contribution in [0.5, 0.6) is 0 Å². The maximum atomic E-state index is 13.4. The summed E-state index contributed by atoms with van der Waals surface area (Å²) in [5, 5.41) is 0. The third-order valence-corrected chi connectivity index (χ3v) is 5.06. The largest absolute Gasteiger partial charge is 0.228 e. The van der Waals surface area contributed by atoms with Crippen LogP contribution < -0.4 is 0 Å². The highest BCUT2D eigenvalue weighted by molar-refractivity contribution is 9.10. The van der Waals surface area contributed by atoms with Crippen LogP contribution in [0.2, 0.25) is 0 Å². The second kappa shape index (κ2) is 4.45. The highest BCUT2D eigenvalue weighted by atomic mass is 79.9. The summed E-state index contributed by atoms with van der Waals surface area (Å²) in [6.07, 6.45) is 1.97. The molecule has 0 N–H and O–H groups in total. The van der Waals surface area contributed by atoms with E-state index < -0.39 is 15.7 Å². The summed E-state index contributed by atoms with van der Waals surface area (Å²) in [6, 6.07) is 4.49. The number of sulfone groups is 1. The van der Waals surface area contributed by atoms with E-state index >= 15 is 0 Å². The molecule has 5 heteroatoms. The van der Waals surface area contributed by atoms with Crippen molar-refractivity contribution in [2.45, 2.75) is 18.6 Å². The summed E-state index contributed by atoms with van der Waals surface area (Å²) in [5.41, 5.74) is 0.239. The number of rotatable bonds is 4. The molecule has 1 aromatic rings. The molecule has 1 aliphatic carbocycles. The van der Waals surface area contributed by atoms with Crippen molar-refractivity contribution in [3.8, 4) is 0 Å². The lowest BCUT2D eigenvalue weighted by atomic mass is 10.2. The van der Waals surface area contributed by atoms with E-state index in [1.165, 1.54) is 6.07 Å². The summed E-state index contributed by atoms with van der Waals surface area (Å²) in [6.45, 7) is 0. The minimum atomic E-state index is -3.19. The van der Waals surface area contributed by atoms with Crippen molar-refractivity contribution in [3.05, 3.63) is 34.1 Å². The Labute approximate surface area is 103 Å². The van der Waals surface area contributed by atoms with Gasteiger partial charge >= 0.3 is 0 Å². The van der Waals surface area contributed by atoms with Crippen LogP contribution in [0, 0.1) is 11.7 Å². The highest BCUT2D eigenvalue weighted by Gasteiger charge is 2.29. The van der Waals surface area contributed by atoms with Crippen LogP contribution in [-0.2, 0) is 15.6 Å². The average Bonchev–Trinajstić information content (AvgIpc) is 2.95. The lowest BCUT2D eigenvalue weighted by Gasteiger charge is -2.06. The molecule has 1 aliphatic rings. The van der Waals surface area contributed by atoms with Crippen LogP contribution in [0.3, 0.4) is 0 Å². The van der Waals surface area contributed by atoms with Gasteiger partial charge in [0.05, 0.1) is 11.5 Å². The second-order valence-electron chi connectivity index (χ2n) is 4.20. The molecule has 88 valence electrons. The van der Waals surface area contributed by atoms with E-state index in [9.17, 15) is 12.8 Å². The molecule has 2 nitrogen and oxygen atoms in total. The van der Waals surface area contributed by atoms with Gasteiger partial charge in [-0.25, -0.2) is 12.8 Å². The maximum absolute atomic E-state index is 13.4. The molecule has 0 atom stereocenters. The zero-order valence-electron chi connectivity index (χ0n) is 8.62. The molecule has 1 fully saturated rings. The Balaban J connectivity index is 2.19. The average molecular weight is 307 g/mol. The SMILES string of the molecule is O=S(=O)(Cc1c(F)cccc1Br)CC1CC1. The molecular weight excluding hydrogens is 295 g/mol. The molecule has 0 heterocycles. The first-order valence-electron chi connectivity index (χ1n) is 5.11. The quantitative estimate of drug-likeness (QED) is 0.857. The first kappa shape index (κ1) is 12.0. The molecule has 0 radical (unpaired) electrons. The number of halogens is 2. The lowest BCUT2D eigenvalue weighted by Crippen LogP contribution is -2.12. The normalized spacial score (nSPS) is 16.4. The van der Waals surface area contributed by atoms with Gasteiger partial charge in [-0.3, -0.25) is 0 Å². The standard InChI is InChI=1S/C11H12BrFO2S/c12-10-2-1-3-11(13)9(10)7-16(14,15)6-8-4-5-8/h1-3,8H,4-7H2. The first-order chi connectivity index (χ1) is 7.48. The topological polar surface area (TPSA) is 34.1 Å². The van der Waals surface area contributed by atoms with Crippen molar-refractivity contribution in [1.82, 2.24) is 0 Å². The first-order valence-corrected chi connectivity index (χ1v) is 7.73. The fraction of sp³-hybridized carbons (Fsp3) is 0.455. The van der Waals surface area contributed by atoms with Crippen molar-refractivity contribution < 1.29 is 12.8 Å². The Bertz CT molecular complexity index is 474. The number of benzene rings is 1. The van der Waals surface area contributed by atoms with Gasteiger partial charge in [0, 0.05) is 10.0 Å². The van der Waals surface area contributed by atoms with E-state index in [0.717, 1.165) is 12.8 Å². The number of hydrogen-bond acceptors (Lipinski definition) is 2. The molecule has 0 aromatic heterocycles. The summed E-state index contributed by atoms with van der Waals surface area (Å²) < 4.78 is 37.5. The third kappa shape index (κ3) is 3.04. The molecule has 16 heavy (non-hydrogen) atoms. The summed E-state index contributed by atoms with van der Waals surface area (Å²) >= 11 is 3.18. The second-order valence-corrected chi connectivity index (χ2v) is 7.16. The van der Waals surface area contributed by atoms with Crippen LogP contribution in [0.15, 0.2) is 22.7 Å². The molecule has 0 unspecified atom stereocenters. The predicted octanol–water partition coefficient (Wildman–Crippen LogP) is 2.91. The van der Waals surface area contributed by atoms with Crippen molar-refractivity contribution in [2.75, 3.05) is 5.75 Å². The zero-order valence-corrected chi connectivity index (χ0v) is 11.0. The molecule has 0 saturated heterocycles. The predicted molar refractivity (Wildman–Crippen MR) is 64.3 cm³/mol. The van der Waals surface area contributed by atoms with Gasteiger partial charge in [-0.2, -0.15) is 0 Å². The van der Waals surface area contributed by atoms with Crippen LogP contribution >= 0.6 is 15.9 Å². The van der Waals surface area contributed by atoms with Gasteiger partial charge in [0.15, 0.2) is 9.84 Å². The Morgan fingerprint density at radius 1 is 1.38 bits per heavy atom. The van der Waals surface area contributed by atoms with Gasteiger partial charge in [-0.1, -0.05) is 22.0 Å². The van der Waals surface area contributed by atoms with E-state index in [2.05, 4.69) is 15.9 Å². The lowest BCUT2D eigenvalue weighted by molar-refractivity contribution is 0.583. The molecule has 0 aliphatic heterocycles. The fourth-order valence-corrected chi connectivity index (χ4v) is 4.16. The molecule has 1 saturated carbocycles. The van der Waals surface area contributed by atoms with Gasteiger partial charge in [-0.15, -0.1) is 0 Å². The minimum Gasteiger partial charge on any atom is -0.228 e. The van der Waals surface area contributed by atoms with Crippen molar-refractivity contribution in [2.24, 2.45) is 5.92 Å². The summed E-state index contributed by atoms with van der Waals surface area (Å²) in [4.78, 5) is 0. The summed E-state index contributed by atoms with van der Waals surface area (Å²) in [5.74, 6) is -0.186. The van der Waals surface area contributed by atoms with Crippen molar-refractivity contribution in [1.29, 1.82) is 0 Å². The Hall–Kier alpha value is -0.420. The van der Waals surface area contributed by atoms with Crippen LogP contribution in [0.1, 0.15) is 18.4 Å². The van der Waals surface area contributed by atoms with E-state index in [-0.39, 0.29) is 17.1 Å².